The van der Waals surface area contributed by atoms with Gasteiger partial charge in [-0.2, -0.15) is 0 Å². The Bertz CT molecular complexity index is 1000. The van der Waals surface area contributed by atoms with Crippen molar-refractivity contribution in [1.29, 1.82) is 0 Å². The molecule has 0 aromatic heterocycles. The number of unbranched alkanes of at least 4 members (excludes halogenated alkanes) is 4. The fraction of sp³-hybridized carbons (Fsp3) is 0.576. The maximum absolute atomic E-state index is 12.2. The Kier molecular flexibility index (Phi) is 16.6. The highest BCUT2D eigenvalue weighted by Crippen LogP contribution is 2.44. The maximum atomic E-state index is 12.2. The number of carbonyl (C=O) groups excluding carboxylic acids is 2. The lowest BCUT2D eigenvalue weighted by molar-refractivity contribution is -0.145. The first-order valence-corrected chi connectivity index (χ1v) is 15.3. The van der Waals surface area contributed by atoms with Crippen LogP contribution < -0.4 is 5.32 Å². The van der Waals surface area contributed by atoms with E-state index in [1.165, 1.54) is 41.5 Å². The lowest BCUT2D eigenvalue weighted by Crippen LogP contribution is -2.29. The third-order valence-corrected chi connectivity index (χ3v) is 6.95. The predicted octanol–water partition coefficient (Wildman–Crippen LogP) is 5.50. The maximum Gasteiger partial charge on any atom is 0.407 e. The summed E-state index contributed by atoms with van der Waals surface area (Å²) in [5.41, 5.74) is 4.78. The molecule has 0 saturated carbocycles. The molecule has 1 aliphatic rings. The number of carbonyl (C=O) groups is 2. The van der Waals surface area contributed by atoms with Gasteiger partial charge in [-0.25, -0.2) is 4.79 Å². The van der Waals surface area contributed by atoms with Crippen LogP contribution in [-0.4, -0.2) is 84.7 Å². The molecule has 9 heteroatoms. The van der Waals surface area contributed by atoms with Crippen LogP contribution in [0, 0.1) is 0 Å². The highest BCUT2D eigenvalue weighted by Gasteiger charge is 2.28. The van der Waals surface area contributed by atoms with Gasteiger partial charge in [0.25, 0.3) is 0 Å². The van der Waals surface area contributed by atoms with Crippen molar-refractivity contribution in [2.75, 3.05) is 72.6 Å². The van der Waals surface area contributed by atoms with E-state index in [9.17, 15) is 9.59 Å². The number of fused-ring (bicyclic) bond motifs is 3. The minimum absolute atomic E-state index is 0.0409. The van der Waals surface area contributed by atoms with E-state index in [-0.39, 0.29) is 25.1 Å². The summed E-state index contributed by atoms with van der Waals surface area (Å²) in [5.74, 6) is -0.113. The Morgan fingerprint density at radius 3 is 1.76 bits per heavy atom. The van der Waals surface area contributed by atoms with Crippen LogP contribution in [-0.2, 0) is 33.2 Å². The Hall–Kier alpha value is -2.98. The topological polar surface area (TPSA) is 102 Å². The van der Waals surface area contributed by atoms with Crippen molar-refractivity contribution in [2.45, 2.75) is 51.4 Å². The highest BCUT2D eigenvalue weighted by atomic mass is 16.6. The molecule has 0 spiro atoms. The summed E-state index contributed by atoms with van der Waals surface area (Å²) < 4.78 is 32.5. The number of hydrogen-bond donors (Lipinski definition) is 1. The summed E-state index contributed by atoms with van der Waals surface area (Å²) in [6.45, 7) is 6.50. The molecule has 0 atom stereocenters. The molecule has 2 aromatic rings. The van der Waals surface area contributed by atoms with Crippen molar-refractivity contribution in [3.05, 3.63) is 59.7 Å². The molecular formula is C33H47NO8. The average molecular weight is 586 g/mol. The molecule has 42 heavy (non-hydrogen) atoms. The SMILES string of the molecule is CCCCCCCC(=O)OCCOCCOCCOCCOCCNC(=O)OCC1c2ccccc2-c2ccccc21. The van der Waals surface area contributed by atoms with Gasteiger partial charge in [0.15, 0.2) is 0 Å². The number of hydrogen-bond acceptors (Lipinski definition) is 8. The second-order valence-corrected chi connectivity index (χ2v) is 10.1. The summed E-state index contributed by atoms with van der Waals surface area (Å²) in [6, 6.07) is 16.5. The molecule has 3 rings (SSSR count). The van der Waals surface area contributed by atoms with Crippen molar-refractivity contribution in [2.24, 2.45) is 0 Å². The van der Waals surface area contributed by atoms with Crippen LogP contribution >= 0.6 is 0 Å². The first-order chi connectivity index (χ1) is 20.7. The molecule has 0 unspecified atom stereocenters. The van der Waals surface area contributed by atoms with E-state index in [0.29, 0.717) is 65.8 Å². The van der Waals surface area contributed by atoms with Crippen molar-refractivity contribution in [3.63, 3.8) is 0 Å². The third-order valence-electron chi connectivity index (χ3n) is 6.95. The van der Waals surface area contributed by atoms with Crippen LogP contribution in [0.3, 0.4) is 0 Å². The van der Waals surface area contributed by atoms with Gasteiger partial charge in [-0.15, -0.1) is 0 Å². The van der Waals surface area contributed by atoms with E-state index in [1.807, 2.05) is 24.3 Å². The minimum Gasteiger partial charge on any atom is -0.463 e. The second kappa shape index (κ2) is 20.8. The Morgan fingerprint density at radius 2 is 1.17 bits per heavy atom. The number of rotatable bonds is 23. The zero-order valence-corrected chi connectivity index (χ0v) is 25.0. The van der Waals surface area contributed by atoms with Crippen LogP contribution in [0.25, 0.3) is 11.1 Å². The zero-order chi connectivity index (χ0) is 29.7. The van der Waals surface area contributed by atoms with Crippen molar-refractivity contribution < 1.29 is 38.0 Å². The van der Waals surface area contributed by atoms with E-state index in [4.69, 9.17) is 28.4 Å². The van der Waals surface area contributed by atoms with Crippen LogP contribution in [0.4, 0.5) is 4.79 Å². The zero-order valence-electron chi connectivity index (χ0n) is 25.0. The highest BCUT2D eigenvalue weighted by molar-refractivity contribution is 5.79. The lowest BCUT2D eigenvalue weighted by Gasteiger charge is -2.14. The van der Waals surface area contributed by atoms with E-state index in [2.05, 4.69) is 36.5 Å². The summed E-state index contributed by atoms with van der Waals surface area (Å²) in [5, 5.41) is 2.73. The van der Waals surface area contributed by atoms with Crippen LogP contribution in [0.2, 0.25) is 0 Å². The number of amides is 1. The van der Waals surface area contributed by atoms with Gasteiger partial charge in [0.05, 0.1) is 52.9 Å². The van der Waals surface area contributed by atoms with Gasteiger partial charge in [0, 0.05) is 18.9 Å². The molecular weight excluding hydrogens is 538 g/mol. The third kappa shape index (κ3) is 12.5. The number of alkyl carbamates (subject to hydrolysis) is 1. The molecule has 0 heterocycles. The van der Waals surface area contributed by atoms with Gasteiger partial charge in [0.2, 0.25) is 0 Å². The predicted molar refractivity (Wildman–Crippen MR) is 161 cm³/mol. The van der Waals surface area contributed by atoms with E-state index < -0.39 is 6.09 Å². The summed E-state index contributed by atoms with van der Waals surface area (Å²) in [6.07, 6.45) is 5.60. The minimum atomic E-state index is -0.452. The van der Waals surface area contributed by atoms with Gasteiger partial charge >= 0.3 is 12.1 Å². The molecule has 2 aromatic carbocycles. The van der Waals surface area contributed by atoms with Crippen molar-refractivity contribution in [3.8, 4) is 11.1 Å². The Labute approximate surface area is 250 Å². The van der Waals surface area contributed by atoms with Crippen LogP contribution in [0.15, 0.2) is 48.5 Å². The van der Waals surface area contributed by atoms with E-state index >= 15 is 0 Å². The molecule has 232 valence electrons. The first kappa shape index (κ1) is 33.5. The smallest absolute Gasteiger partial charge is 0.407 e. The quantitative estimate of drug-likeness (QED) is 0.135. The monoisotopic (exact) mass is 585 g/mol. The molecule has 0 saturated heterocycles. The van der Waals surface area contributed by atoms with Gasteiger partial charge in [-0.1, -0.05) is 81.1 Å². The summed E-state index contributed by atoms with van der Waals surface area (Å²) in [4.78, 5) is 23.8. The number of nitrogens with one attached hydrogen (secondary N) is 1. The summed E-state index contributed by atoms with van der Waals surface area (Å²) in [7, 11) is 0. The molecule has 1 aliphatic carbocycles. The van der Waals surface area contributed by atoms with Crippen molar-refractivity contribution >= 4 is 12.1 Å². The molecule has 9 nitrogen and oxygen atoms in total. The molecule has 1 N–H and O–H groups in total. The van der Waals surface area contributed by atoms with Gasteiger partial charge in [-0.3, -0.25) is 4.79 Å². The van der Waals surface area contributed by atoms with Crippen LogP contribution in [0.1, 0.15) is 62.5 Å². The summed E-state index contributed by atoms with van der Waals surface area (Å²) >= 11 is 0. The number of esters is 1. The Balaban J connectivity index is 1.07. The fourth-order valence-electron chi connectivity index (χ4n) is 4.80. The van der Waals surface area contributed by atoms with E-state index in [1.54, 1.807) is 0 Å². The fourth-order valence-corrected chi connectivity index (χ4v) is 4.80. The normalized spacial score (nSPS) is 12.1. The number of benzene rings is 2. The second-order valence-electron chi connectivity index (χ2n) is 10.1. The standard InChI is InChI=1S/C33H47NO8/c1-2-3-4-5-6-15-32(35)41-25-24-40-23-22-39-21-20-38-19-18-37-17-16-34-33(36)42-26-31-29-13-9-7-11-27(29)28-12-8-10-14-30(28)31/h7-14,31H,2-6,15-26H2,1H3,(H,34,36). The van der Waals surface area contributed by atoms with Crippen molar-refractivity contribution in [1.82, 2.24) is 5.32 Å². The first-order valence-electron chi connectivity index (χ1n) is 15.3. The van der Waals surface area contributed by atoms with E-state index in [0.717, 1.165) is 12.8 Å². The molecule has 0 fully saturated rings. The lowest BCUT2D eigenvalue weighted by atomic mass is 9.98. The molecule has 1 amide bonds. The largest absolute Gasteiger partial charge is 0.463 e. The molecule has 0 radical (unpaired) electrons. The van der Waals surface area contributed by atoms with Gasteiger partial charge < -0.3 is 33.7 Å². The molecule has 0 bridgehead atoms. The average Bonchev–Trinajstić information content (AvgIpc) is 3.33. The number of ether oxygens (including phenoxy) is 6. The van der Waals surface area contributed by atoms with Gasteiger partial charge in [0.1, 0.15) is 13.2 Å². The van der Waals surface area contributed by atoms with Gasteiger partial charge in [-0.05, 0) is 28.7 Å². The Morgan fingerprint density at radius 1 is 0.643 bits per heavy atom. The van der Waals surface area contributed by atoms with Crippen LogP contribution in [0.5, 0.6) is 0 Å². The molecule has 0 aliphatic heterocycles.